The van der Waals surface area contributed by atoms with Gasteiger partial charge in [0.05, 0.1) is 11.8 Å². The first-order chi connectivity index (χ1) is 7.33. The number of hydrogen-bond acceptors (Lipinski definition) is 4. The summed E-state index contributed by atoms with van der Waals surface area (Å²) >= 11 is 5.69. The molecule has 16 heavy (non-hydrogen) atoms. The van der Waals surface area contributed by atoms with Crippen LogP contribution in [-0.4, -0.2) is 26.2 Å². The number of nitrogens with one attached hydrogen (secondary N) is 1. The van der Waals surface area contributed by atoms with E-state index in [-0.39, 0.29) is 22.2 Å². The van der Waals surface area contributed by atoms with E-state index in [2.05, 4.69) is 4.72 Å². The zero-order valence-corrected chi connectivity index (χ0v) is 10.2. The lowest BCUT2D eigenvalue weighted by atomic mass is 10.3. The number of nitrogen functional groups attached to an aromatic ring is 1. The van der Waals surface area contributed by atoms with Gasteiger partial charge in [-0.1, -0.05) is 11.6 Å². The third-order valence-corrected chi connectivity index (χ3v) is 3.55. The quantitative estimate of drug-likeness (QED) is 0.694. The summed E-state index contributed by atoms with van der Waals surface area (Å²) in [5.41, 5.74) is 5.66. The standard InChI is InChI=1S/C9H13ClN2O3S/c1-6(13)5-12-16(14,15)9-4-7(10)2-3-8(9)11/h2-4,6,12-13H,5,11H2,1H3. The Kier molecular flexibility index (Phi) is 4.15. The molecular formula is C9H13ClN2O3S. The highest BCUT2D eigenvalue weighted by atomic mass is 35.5. The maximum Gasteiger partial charge on any atom is 0.242 e. The predicted octanol–water partition coefficient (Wildman–Crippen LogP) is 0.581. The predicted molar refractivity (Wildman–Crippen MR) is 62.7 cm³/mol. The Balaban J connectivity index is 3.02. The molecule has 0 fully saturated rings. The minimum Gasteiger partial charge on any atom is -0.398 e. The molecule has 0 bridgehead atoms. The lowest BCUT2D eigenvalue weighted by Gasteiger charge is -2.10. The van der Waals surface area contributed by atoms with E-state index in [9.17, 15) is 8.42 Å². The Labute approximate surface area is 99.3 Å². The van der Waals surface area contributed by atoms with Crippen LogP contribution in [0.2, 0.25) is 5.02 Å². The fraction of sp³-hybridized carbons (Fsp3) is 0.333. The number of hydrogen-bond donors (Lipinski definition) is 3. The van der Waals surface area contributed by atoms with Crippen molar-refractivity contribution in [3.8, 4) is 0 Å². The Bertz CT molecular complexity index is 474. The van der Waals surface area contributed by atoms with Gasteiger partial charge in [0, 0.05) is 11.6 Å². The van der Waals surface area contributed by atoms with Gasteiger partial charge in [-0.15, -0.1) is 0 Å². The van der Waals surface area contributed by atoms with Crippen LogP contribution in [-0.2, 0) is 10.0 Å². The highest BCUT2D eigenvalue weighted by molar-refractivity contribution is 7.89. The highest BCUT2D eigenvalue weighted by Crippen LogP contribution is 2.22. The summed E-state index contributed by atoms with van der Waals surface area (Å²) in [5, 5.41) is 9.29. The van der Waals surface area contributed by atoms with Crippen molar-refractivity contribution in [2.24, 2.45) is 0 Å². The van der Waals surface area contributed by atoms with E-state index in [0.29, 0.717) is 0 Å². The van der Waals surface area contributed by atoms with Crippen molar-refractivity contribution in [3.63, 3.8) is 0 Å². The zero-order valence-electron chi connectivity index (χ0n) is 8.64. The maximum absolute atomic E-state index is 11.7. The molecular weight excluding hydrogens is 252 g/mol. The molecule has 5 nitrogen and oxygen atoms in total. The molecule has 0 aliphatic heterocycles. The molecule has 0 radical (unpaired) electrons. The van der Waals surface area contributed by atoms with Crippen molar-refractivity contribution in [2.75, 3.05) is 12.3 Å². The Morgan fingerprint density at radius 2 is 2.19 bits per heavy atom. The number of anilines is 1. The molecule has 1 aromatic rings. The minimum absolute atomic E-state index is 0.0751. The third kappa shape index (κ3) is 3.34. The van der Waals surface area contributed by atoms with Crippen LogP contribution in [0.3, 0.4) is 0 Å². The molecule has 0 aromatic heterocycles. The number of nitrogens with two attached hydrogens (primary N) is 1. The van der Waals surface area contributed by atoms with Crippen LogP contribution in [0.4, 0.5) is 5.69 Å². The van der Waals surface area contributed by atoms with Gasteiger partial charge >= 0.3 is 0 Å². The van der Waals surface area contributed by atoms with E-state index in [0.717, 1.165) is 0 Å². The van der Waals surface area contributed by atoms with Crippen molar-refractivity contribution in [3.05, 3.63) is 23.2 Å². The van der Waals surface area contributed by atoms with E-state index in [1.807, 2.05) is 0 Å². The fourth-order valence-corrected chi connectivity index (χ4v) is 2.56. The molecule has 0 spiro atoms. The van der Waals surface area contributed by atoms with Crippen LogP contribution in [0.25, 0.3) is 0 Å². The van der Waals surface area contributed by atoms with Crippen LogP contribution in [0.5, 0.6) is 0 Å². The average molecular weight is 265 g/mol. The molecule has 0 saturated carbocycles. The van der Waals surface area contributed by atoms with Gasteiger partial charge in [0.15, 0.2) is 0 Å². The average Bonchev–Trinajstić information content (AvgIpc) is 2.19. The van der Waals surface area contributed by atoms with Gasteiger partial charge in [0.25, 0.3) is 0 Å². The molecule has 0 amide bonds. The first kappa shape index (κ1) is 13.2. The second-order valence-corrected chi connectivity index (χ2v) is 5.55. The molecule has 7 heteroatoms. The van der Waals surface area contributed by atoms with Crippen molar-refractivity contribution < 1.29 is 13.5 Å². The molecule has 0 aliphatic rings. The first-order valence-electron chi connectivity index (χ1n) is 4.55. The molecule has 90 valence electrons. The van der Waals surface area contributed by atoms with E-state index >= 15 is 0 Å². The Hall–Kier alpha value is -0.820. The summed E-state index contributed by atoms with van der Waals surface area (Å²) < 4.78 is 25.7. The van der Waals surface area contributed by atoms with Gasteiger partial charge in [0.2, 0.25) is 10.0 Å². The molecule has 1 aromatic carbocycles. The number of halogens is 1. The van der Waals surface area contributed by atoms with Gasteiger partial charge in [-0.3, -0.25) is 0 Å². The molecule has 4 N–H and O–H groups in total. The minimum atomic E-state index is -3.73. The molecule has 0 heterocycles. The van der Waals surface area contributed by atoms with E-state index in [1.165, 1.54) is 25.1 Å². The Morgan fingerprint density at radius 3 is 2.75 bits per heavy atom. The second-order valence-electron chi connectivity index (χ2n) is 3.38. The third-order valence-electron chi connectivity index (χ3n) is 1.83. The summed E-state index contributed by atoms with van der Waals surface area (Å²) in [5.74, 6) is 0. The van der Waals surface area contributed by atoms with Gasteiger partial charge in [0.1, 0.15) is 4.90 Å². The van der Waals surface area contributed by atoms with Crippen LogP contribution in [0.1, 0.15) is 6.92 Å². The smallest absolute Gasteiger partial charge is 0.242 e. The van der Waals surface area contributed by atoms with Crippen molar-refractivity contribution >= 4 is 27.3 Å². The largest absolute Gasteiger partial charge is 0.398 e. The lowest BCUT2D eigenvalue weighted by molar-refractivity contribution is 0.198. The number of aliphatic hydroxyl groups is 1. The SMILES string of the molecule is CC(O)CNS(=O)(=O)c1cc(Cl)ccc1N. The van der Waals surface area contributed by atoms with E-state index in [1.54, 1.807) is 0 Å². The number of sulfonamides is 1. The molecule has 1 rings (SSSR count). The molecule has 0 aliphatic carbocycles. The first-order valence-corrected chi connectivity index (χ1v) is 6.42. The topological polar surface area (TPSA) is 92.4 Å². The second kappa shape index (κ2) is 5.01. The summed E-state index contributed by atoms with van der Waals surface area (Å²) in [4.78, 5) is -0.0827. The number of rotatable bonds is 4. The summed E-state index contributed by atoms with van der Waals surface area (Å²) in [6.45, 7) is 1.40. The Morgan fingerprint density at radius 1 is 1.56 bits per heavy atom. The van der Waals surface area contributed by atoms with Crippen molar-refractivity contribution in [1.82, 2.24) is 4.72 Å². The van der Waals surface area contributed by atoms with Crippen molar-refractivity contribution in [1.29, 1.82) is 0 Å². The lowest BCUT2D eigenvalue weighted by Crippen LogP contribution is -2.31. The normalized spacial score (nSPS) is 13.7. The van der Waals surface area contributed by atoms with Crippen LogP contribution < -0.4 is 10.5 Å². The van der Waals surface area contributed by atoms with E-state index in [4.69, 9.17) is 22.4 Å². The molecule has 1 atom stereocenters. The maximum atomic E-state index is 11.7. The van der Waals surface area contributed by atoms with Crippen LogP contribution in [0, 0.1) is 0 Å². The van der Waals surface area contributed by atoms with E-state index < -0.39 is 16.1 Å². The summed E-state index contributed by atoms with van der Waals surface area (Å²) in [7, 11) is -3.73. The van der Waals surface area contributed by atoms with Gasteiger partial charge in [-0.05, 0) is 25.1 Å². The molecule has 0 saturated heterocycles. The highest BCUT2D eigenvalue weighted by Gasteiger charge is 2.17. The van der Waals surface area contributed by atoms with Crippen LogP contribution >= 0.6 is 11.6 Å². The van der Waals surface area contributed by atoms with Crippen molar-refractivity contribution in [2.45, 2.75) is 17.9 Å². The summed E-state index contributed by atoms with van der Waals surface area (Å²) in [6, 6.07) is 4.19. The summed E-state index contributed by atoms with van der Waals surface area (Å²) in [6.07, 6.45) is -0.768. The van der Waals surface area contributed by atoms with Gasteiger partial charge < -0.3 is 10.8 Å². The number of aliphatic hydroxyl groups excluding tert-OH is 1. The van der Waals surface area contributed by atoms with Gasteiger partial charge in [-0.2, -0.15) is 0 Å². The van der Waals surface area contributed by atoms with Crippen LogP contribution in [0.15, 0.2) is 23.1 Å². The zero-order chi connectivity index (χ0) is 12.3. The molecule has 1 unspecified atom stereocenters. The van der Waals surface area contributed by atoms with Gasteiger partial charge in [-0.25, -0.2) is 13.1 Å². The monoisotopic (exact) mass is 264 g/mol. The fourth-order valence-electron chi connectivity index (χ4n) is 1.05. The number of benzene rings is 1.